The Hall–Kier alpha value is -1.29. The molecule has 0 N–H and O–H groups in total. The minimum absolute atomic E-state index is 0. The summed E-state index contributed by atoms with van der Waals surface area (Å²) in [5, 5.41) is 0. The largest absolute Gasteiger partial charge is 0.309 e. The van der Waals surface area contributed by atoms with Crippen LogP contribution in [-0.4, -0.2) is 37.6 Å². The molecule has 0 saturated carbocycles. The number of Topliss-reactive ketones (excluding diaryl/α,β-unsaturated/α-hetero) is 1. The van der Waals surface area contributed by atoms with E-state index in [-0.39, 0.29) is 24.1 Å². The fourth-order valence-corrected chi connectivity index (χ4v) is 3.25. The maximum absolute atomic E-state index is 13.0. The van der Waals surface area contributed by atoms with E-state index in [4.69, 9.17) is 0 Å². The standard InChI is InChI=1S/C19H23NOS.ClH/c1-20(2)14-16(13-15-9-5-4-6-10-15)19(21)17-11-7-8-12-18(17)22-3;/h4-12,16H,13-14H2,1-3H3;1H. The molecule has 124 valence electrons. The van der Waals surface area contributed by atoms with Gasteiger partial charge in [0, 0.05) is 22.9 Å². The Balaban J connectivity index is 0.00000264. The Bertz CT molecular complexity index is 616. The fourth-order valence-electron chi connectivity index (χ4n) is 2.65. The van der Waals surface area contributed by atoms with Crippen molar-refractivity contribution in [2.24, 2.45) is 5.92 Å². The Morgan fingerprint density at radius 3 is 2.26 bits per heavy atom. The molecule has 0 aliphatic heterocycles. The van der Waals surface area contributed by atoms with Crippen LogP contribution in [0.25, 0.3) is 0 Å². The molecule has 0 heterocycles. The van der Waals surface area contributed by atoms with Crippen molar-refractivity contribution < 1.29 is 4.79 Å². The lowest BCUT2D eigenvalue weighted by atomic mass is 9.91. The zero-order chi connectivity index (χ0) is 15.9. The van der Waals surface area contributed by atoms with Gasteiger partial charge in [-0.3, -0.25) is 4.79 Å². The molecule has 1 atom stereocenters. The number of nitrogens with zero attached hydrogens (tertiary/aromatic N) is 1. The maximum Gasteiger partial charge on any atom is 0.168 e. The van der Waals surface area contributed by atoms with E-state index >= 15 is 0 Å². The van der Waals surface area contributed by atoms with Gasteiger partial charge >= 0.3 is 0 Å². The minimum Gasteiger partial charge on any atom is -0.309 e. The fraction of sp³-hybridized carbons (Fsp3) is 0.316. The van der Waals surface area contributed by atoms with Crippen molar-refractivity contribution in [3.05, 3.63) is 65.7 Å². The van der Waals surface area contributed by atoms with Crippen LogP contribution >= 0.6 is 24.2 Å². The van der Waals surface area contributed by atoms with Crippen LogP contribution in [0.15, 0.2) is 59.5 Å². The number of thioether (sulfide) groups is 1. The highest BCUT2D eigenvalue weighted by molar-refractivity contribution is 7.98. The van der Waals surface area contributed by atoms with E-state index in [1.807, 2.05) is 62.8 Å². The highest BCUT2D eigenvalue weighted by Gasteiger charge is 2.23. The summed E-state index contributed by atoms with van der Waals surface area (Å²) < 4.78 is 0. The van der Waals surface area contributed by atoms with Crippen molar-refractivity contribution >= 4 is 30.0 Å². The molecule has 0 aliphatic rings. The average molecular weight is 350 g/mol. The molecule has 0 bridgehead atoms. The topological polar surface area (TPSA) is 20.3 Å². The molecular formula is C19H24ClNOS. The van der Waals surface area contributed by atoms with E-state index in [0.717, 1.165) is 23.4 Å². The van der Waals surface area contributed by atoms with E-state index in [1.54, 1.807) is 11.8 Å². The molecule has 0 aromatic heterocycles. The van der Waals surface area contributed by atoms with E-state index in [0.29, 0.717) is 0 Å². The van der Waals surface area contributed by atoms with Crippen LogP contribution in [0.5, 0.6) is 0 Å². The van der Waals surface area contributed by atoms with E-state index in [1.165, 1.54) is 5.56 Å². The van der Waals surface area contributed by atoms with Gasteiger partial charge in [-0.1, -0.05) is 48.5 Å². The summed E-state index contributed by atoms with van der Waals surface area (Å²) in [6.07, 6.45) is 2.80. The second kappa shape index (κ2) is 9.76. The van der Waals surface area contributed by atoms with Crippen LogP contribution < -0.4 is 0 Å². The predicted octanol–water partition coefficient (Wildman–Crippen LogP) is 4.43. The number of benzene rings is 2. The lowest BCUT2D eigenvalue weighted by molar-refractivity contribution is 0.0893. The number of hydrogen-bond donors (Lipinski definition) is 0. The maximum atomic E-state index is 13.0. The van der Waals surface area contributed by atoms with Crippen molar-refractivity contribution in [2.45, 2.75) is 11.3 Å². The molecule has 0 spiro atoms. The number of hydrogen-bond acceptors (Lipinski definition) is 3. The van der Waals surface area contributed by atoms with Crippen molar-refractivity contribution in [1.82, 2.24) is 4.90 Å². The van der Waals surface area contributed by atoms with Crippen LogP contribution in [0.1, 0.15) is 15.9 Å². The monoisotopic (exact) mass is 349 g/mol. The first-order valence-electron chi connectivity index (χ1n) is 7.47. The van der Waals surface area contributed by atoms with Gasteiger partial charge < -0.3 is 4.90 Å². The Labute approximate surface area is 149 Å². The SMILES string of the molecule is CSc1ccccc1C(=O)C(Cc1ccccc1)CN(C)C.Cl. The molecule has 0 saturated heterocycles. The van der Waals surface area contributed by atoms with Gasteiger partial charge in [-0.2, -0.15) is 0 Å². The third kappa shape index (κ3) is 5.69. The van der Waals surface area contributed by atoms with Gasteiger partial charge in [0.25, 0.3) is 0 Å². The zero-order valence-corrected chi connectivity index (χ0v) is 15.5. The highest BCUT2D eigenvalue weighted by Crippen LogP contribution is 2.24. The first-order chi connectivity index (χ1) is 10.6. The molecule has 0 aliphatic carbocycles. The van der Waals surface area contributed by atoms with Crippen molar-refractivity contribution in [3.63, 3.8) is 0 Å². The molecule has 2 rings (SSSR count). The van der Waals surface area contributed by atoms with E-state index in [2.05, 4.69) is 17.0 Å². The Morgan fingerprint density at radius 2 is 1.65 bits per heavy atom. The normalized spacial score (nSPS) is 11.8. The molecular weight excluding hydrogens is 326 g/mol. The van der Waals surface area contributed by atoms with Gasteiger partial charge in [-0.25, -0.2) is 0 Å². The van der Waals surface area contributed by atoms with Gasteiger partial charge in [-0.15, -0.1) is 24.2 Å². The quantitative estimate of drug-likeness (QED) is 0.544. The van der Waals surface area contributed by atoms with Crippen LogP contribution in [0.4, 0.5) is 0 Å². The number of halogens is 1. The van der Waals surface area contributed by atoms with Crippen LogP contribution in [-0.2, 0) is 6.42 Å². The van der Waals surface area contributed by atoms with Crippen LogP contribution in [0.2, 0.25) is 0 Å². The lowest BCUT2D eigenvalue weighted by Crippen LogP contribution is -2.30. The third-order valence-corrected chi connectivity index (χ3v) is 4.45. The van der Waals surface area contributed by atoms with Crippen molar-refractivity contribution in [2.75, 3.05) is 26.9 Å². The molecule has 1 unspecified atom stereocenters. The summed E-state index contributed by atoms with van der Waals surface area (Å²) in [5.41, 5.74) is 2.06. The van der Waals surface area contributed by atoms with Crippen molar-refractivity contribution in [3.8, 4) is 0 Å². The summed E-state index contributed by atoms with van der Waals surface area (Å²) in [4.78, 5) is 16.2. The molecule has 23 heavy (non-hydrogen) atoms. The smallest absolute Gasteiger partial charge is 0.168 e. The molecule has 0 amide bonds. The predicted molar refractivity (Wildman–Crippen MR) is 102 cm³/mol. The summed E-state index contributed by atoms with van der Waals surface area (Å²) in [6.45, 7) is 0.760. The molecule has 4 heteroatoms. The van der Waals surface area contributed by atoms with E-state index < -0.39 is 0 Å². The summed E-state index contributed by atoms with van der Waals surface area (Å²) in [6, 6.07) is 18.2. The number of rotatable bonds is 7. The Kier molecular flexibility index (Phi) is 8.38. The Morgan fingerprint density at radius 1 is 1.04 bits per heavy atom. The molecule has 2 nitrogen and oxygen atoms in total. The number of ketones is 1. The number of carbonyl (C=O) groups is 1. The van der Waals surface area contributed by atoms with Crippen molar-refractivity contribution in [1.29, 1.82) is 0 Å². The highest BCUT2D eigenvalue weighted by atomic mass is 35.5. The first-order valence-corrected chi connectivity index (χ1v) is 8.70. The lowest BCUT2D eigenvalue weighted by Gasteiger charge is -2.21. The van der Waals surface area contributed by atoms with Gasteiger partial charge in [-0.05, 0) is 38.4 Å². The second-order valence-corrected chi connectivity index (χ2v) is 6.56. The van der Waals surface area contributed by atoms with Gasteiger partial charge in [0.05, 0.1) is 0 Å². The first kappa shape index (κ1) is 19.8. The average Bonchev–Trinajstić information content (AvgIpc) is 2.54. The summed E-state index contributed by atoms with van der Waals surface area (Å²) >= 11 is 1.63. The second-order valence-electron chi connectivity index (χ2n) is 5.71. The molecule has 0 radical (unpaired) electrons. The molecule has 2 aromatic carbocycles. The third-order valence-electron chi connectivity index (χ3n) is 3.65. The van der Waals surface area contributed by atoms with Gasteiger partial charge in [0.15, 0.2) is 5.78 Å². The zero-order valence-electron chi connectivity index (χ0n) is 13.9. The molecule has 2 aromatic rings. The number of carbonyl (C=O) groups excluding carboxylic acids is 1. The van der Waals surface area contributed by atoms with E-state index in [9.17, 15) is 4.79 Å². The summed E-state index contributed by atoms with van der Waals surface area (Å²) in [5.74, 6) is 0.216. The van der Waals surface area contributed by atoms with Crippen LogP contribution in [0, 0.1) is 5.92 Å². The van der Waals surface area contributed by atoms with Gasteiger partial charge in [0.1, 0.15) is 0 Å². The van der Waals surface area contributed by atoms with Crippen LogP contribution in [0.3, 0.4) is 0 Å². The summed E-state index contributed by atoms with van der Waals surface area (Å²) in [7, 11) is 4.04. The molecule has 0 fully saturated rings. The van der Waals surface area contributed by atoms with Gasteiger partial charge in [0.2, 0.25) is 0 Å². The minimum atomic E-state index is -0.0225.